The lowest BCUT2D eigenvalue weighted by molar-refractivity contribution is 0.514. The van der Waals surface area contributed by atoms with Gasteiger partial charge in [0.05, 0.1) is 6.54 Å². The Kier molecular flexibility index (Phi) is 5.96. The number of nitrogens with zero attached hydrogens (tertiary/aromatic N) is 3. The Morgan fingerprint density at radius 1 is 1.20 bits per heavy atom. The van der Waals surface area contributed by atoms with Gasteiger partial charge < -0.3 is 10.6 Å². The van der Waals surface area contributed by atoms with E-state index in [9.17, 15) is 0 Å². The third kappa shape index (κ3) is 6.19. The summed E-state index contributed by atoms with van der Waals surface area (Å²) in [7, 11) is 0. The highest BCUT2D eigenvalue weighted by Crippen LogP contribution is 1.85. The fourth-order valence-corrected chi connectivity index (χ4v) is 1.23. The highest BCUT2D eigenvalue weighted by atomic mass is 15.3. The first-order chi connectivity index (χ1) is 7.29. The highest BCUT2D eigenvalue weighted by molar-refractivity contribution is 4.58. The van der Waals surface area contributed by atoms with Crippen LogP contribution in [0.3, 0.4) is 0 Å². The maximum atomic E-state index is 4.02. The molecule has 0 saturated heterocycles. The van der Waals surface area contributed by atoms with E-state index >= 15 is 0 Å². The van der Waals surface area contributed by atoms with Crippen molar-refractivity contribution in [1.82, 2.24) is 25.4 Å². The summed E-state index contributed by atoms with van der Waals surface area (Å²) in [4.78, 5) is 3.88. The number of rotatable bonds is 8. The molecule has 0 aliphatic heterocycles. The predicted octanol–water partition coefficient (Wildman–Crippen LogP) is 0.113. The SMILES string of the molecule is CC(C)CNCCNCCn1cncn1. The first-order valence-corrected chi connectivity index (χ1v) is 5.53. The van der Waals surface area contributed by atoms with Gasteiger partial charge in [-0.15, -0.1) is 0 Å². The van der Waals surface area contributed by atoms with E-state index in [1.54, 1.807) is 12.7 Å². The second kappa shape index (κ2) is 7.36. The molecule has 0 radical (unpaired) electrons. The molecule has 0 unspecified atom stereocenters. The molecule has 0 atom stereocenters. The molecular formula is C10H21N5. The first kappa shape index (κ1) is 12.1. The van der Waals surface area contributed by atoms with Gasteiger partial charge in [0, 0.05) is 19.6 Å². The molecule has 0 bridgehead atoms. The molecule has 0 aliphatic carbocycles. The molecule has 0 aliphatic rings. The van der Waals surface area contributed by atoms with E-state index in [2.05, 4.69) is 34.6 Å². The molecule has 0 saturated carbocycles. The van der Waals surface area contributed by atoms with Crippen LogP contribution in [0.5, 0.6) is 0 Å². The average Bonchev–Trinajstić information content (AvgIpc) is 2.68. The molecular weight excluding hydrogens is 190 g/mol. The molecule has 1 aromatic heterocycles. The van der Waals surface area contributed by atoms with E-state index in [1.807, 2.05) is 4.68 Å². The standard InChI is InChI=1S/C10H21N5/c1-10(2)7-12-4-3-11-5-6-15-9-13-8-14-15/h8-12H,3-7H2,1-2H3. The van der Waals surface area contributed by atoms with E-state index < -0.39 is 0 Å². The van der Waals surface area contributed by atoms with Crippen LogP contribution in [0.15, 0.2) is 12.7 Å². The van der Waals surface area contributed by atoms with E-state index in [-0.39, 0.29) is 0 Å². The molecule has 5 heteroatoms. The Morgan fingerprint density at radius 3 is 2.67 bits per heavy atom. The van der Waals surface area contributed by atoms with Crippen LogP contribution in [0.1, 0.15) is 13.8 Å². The zero-order valence-corrected chi connectivity index (χ0v) is 9.61. The second-order valence-corrected chi connectivity index (χ2v) is 4.01. The molecule has 0 spiro atoms. The van der Waals surface area contributed by atoms with Crippen LogP contribution in [0.25, 0.3) is 0 Å². The van der Waals surface area contributed by atoms with Crippen molar-refractivity contribution >= 4 is 0 Å². The zero-order valence-electron chi connectivity index (χ0n) is 9.61. The largest absolute Gasteiger partial charge is 0.315 e. The van der Waals surface area contributed by atoms with Gasteiger partial charge in [-0.05, 0) is 12.5 Å². The van der Waals surface area contributed by atoms with Crippen molar-refractivity contribution in [2.45, 2.75) is 20.4 Å². The summed E-state index contributed by atoms with van der Waals surface area (Å²) in [5, 5.41) is 10.8. The van der Waals surface area contributed by atoms with Gasteiger partial charge in [-0.1, -0.05) is 13.8 Å². The second-order valence-electron chi connectivity index (χ2n) is 4.01. The van der Waals surface area contributed by atoms with Gasteiger partial charge in [-0.25, -0.2) is 4.98 Å². The summed E-state index contributed by atoms with van der Waals surface area (Å²) in [5.41, 5.74) is 0. The molecule has 15 heavy (non-hydrogen) atoms. The Balaban J connectivity index is 1.85. The fourth-order valence-electron chi connectivity index (χ4n) is 1.23. The summed E-state index contributed by atoms with van der Waals surface area (Å²) >= 11 is 0. The Morgan fingerprint density at radius 2 is 2.00 bits per heavy atom. The lowest BCUT2D eigenvalue weighted by Gasteiger charge is -2.08. The minimum absolute atomic E-state index is 0.722. The van der Waals surface area contributed by atoms with Crippen molar-refractivity contribution in [2.24, 2.45) is 5.92 Å². The van der Waals surface area contributed by atoms with Crippen LogP contribution in [-0.2, 0) is 6.54 Å². The van der Waals surface area contributed by atoms with Crippen LogP contribution >= 0.6 is 0 Å². The summed E-state index contributed by atoms with van der Waals surface area (Å²) in [5.74, 6) is 0.722. The van der Waals surface area contributed by atoms with Crippen molar-refractivity contribution in [1.29, 1.82) is 0 Å². The molecule has 1 rings (SSSR count). The van der Waals surface area contributed by atoms with E-state index in [4.69, 9.17) is 0 Å². The highest BCUT2D eigenvalue weighted by Gasteiger charge is 1.93. The van der Waals surface area contributed by atoms with Gasteiger partial charge in [-0.2, -0.15) is 5.10 Å². The van der Waals surface area contributed by atoms with Gasteiger partial charge in [0.1, 0.15) is 12.7 Å². The molecule has 86 valence electrons. The molecule has 0 fully saturated rings. The maximum absolute atomic E-state index is 4.02. The smallest absolute Gasteiger partial charge is 0.137 e. The number of hydrogen-bond acceptors (Lipinski definition) is 4. The third-order valence-corrected chi connectivity index (χ3v) is 2.02. The third-order valence-electron chi connectivity index (χ3n) is 2.02. The lowest BCUT2D eigenvalue weighted by Crippen LogP contribution is -2.31. The minimum Gasteiger partial charge on any atom is -0.315 e. The van der Waals surface area contributed by atoms with Crippen molar-refractivity contribution in [3.05, 3.63) is 12.7 Å². The summed E-state index contributed by atoms with van der Waals surface area (Å²) in [6.07, 6.45) is 3.29. The maximum Gasteiger partial charge on any atom is 0.137 e. The van der Waals surface area contributed by atoms with Crippen LogP contribution in [0.4, 0.5) is 0 Å². The zero-order chi connectivity index (χ0) is 10.9. The lowest BCUT2D eigenvalue weighted by atomic mass is 10.2. The van der Waals surface area contributed by atoms with Crippen LogP contribution in [0, 0.1) is 5.92 Å². The Hall–Kier alpha value is -0.940. The Labute approximate surface area is 91.3 Å². The van der Waals surface area contributed by atoms with Gasteiger partial charge >= 0.3 is 0 Å². The summed E-state index contributed by atoms with van der Waals surface area (Å²) in [6.45, 7) is 9.36. The van der Waals surface area contributed by atoms with E-state index in [0.717, 1.165) is 38.6 Å². The first-order valence-electron chi connectivity index (χ1n) is 5.53. The van der Waals surface area contributed by atoms with Crippen LogP contribution in [0.2, 0.25) is 0 Å². The van der Waals surface area contributed by atoms with Gasteiger partial charge in [0.15, 0.2) is 0 Å². The quantitative estimate of drug-likeness (QED) is 0.599. The monoisotopic (exact) mass is 211 g/mol. The van der Waals surface area contributed by atoms with E-state index in [1.165, 1.54) is 0 Å². The van der Waals surface area contributed by atoms with E-state index in [0.29, 0.717) is 0 Å². The number of hydrogen-bond donors (Lipinski definition) is 2. The Bertz CT molecular complexity index is 232. The van der Waals surface area contributed by atoms with Gasteiger partial charge in [0.2, 0.25) is 0 Å². The van der Waals surface area contributed by atoms with Crippen molar-refractivity contribution < 1.29 is 0 Å². The molecule has 1 aromatic rings. The predicted molar refractivity (Wildman–Crippen MR) is 60.6 cm³/mol. The topological polar surface area (TPSA) is 54.8 Å². The summed E-state index contributed by atoms with van der Waals surface area (Å²) < 4.78 is 1.83. The fraction of sp³-hybridized carbons (Fsp3) is 0.800. The average molecular weight is 211 g/mol. The van der Waals surface area contributed by atoms with Crippen LogP contribution < -0.4 is 10.6 Å². The molecule has 2 N–H and O–H groups in total. The minimum atomic E-state index is 0.722. The normalized spacial score (nSPS) is 11.1. The number of aromatic nitrogens is 3. The summed E-state index contributed by atoms with van der Waals surface area (Å²) in [6, 6.07) is 0. The molecule has 5 nitrogen and oxygen atoms in total. The molecule has 1 heterocycles. The van der Waals surface area contributed by atoms with Crippen molar-refractivity contribution in [3.63, 3.8) is 0 Å². The number of nitrogens with one attached hydrogen (secondary N) is 2. The molecule has 0 aromatic carbocycles. The molecule has 0 amide bonds. The van der Waals surface area contributed by atoms with Crippen LogP contribution in [-0.4, -0.2) is 40.9 Å². The van der Waals surface area contributed by atoms with Crippen molar-refractivity contribution in [3.8, 4) is 0 Å². The van der Waals surface area contributed by atoms with Gasteiger partial charge in [-0.3, -0.25) is 4.68 Å². The van der Waals surface area contributed by atoms with Gasteiger partial charge in [0.25, 0.3) is 0 Å². The van der Waals surface area contributed by atoms with Crippen molar-refractivity contribution in [2.75, 3.05) is 26.2 Å².